The Morgan fingerprint density at radius 3 is 2.64 bits per heavy atom. The van der Waals surface area contributed by atoms with Crippen molar-refractivity contribution in [1.82, 2.24) is 9.38 Å². The summed E-state index contributed by atoms with van der Waals surface area (Å²) < 4.78 is 7.03. The van der Waals surface area contributed by atoms with Gasteiger partial charge in [0.2, 0.25) is 0 Å². The third kappa shape index (κ3) is 2.92. The van der Waals surface area contributed by atoms with Gasteiger partial charge in [-0.15, -0.1) is 0 Å². The van der Waals surface area contributed by atoms with E-state index in [9.17, 15) is 9.90 Å². The molecule has 6 nitrogen and oxygen atoms in total. The molecule has 0 amide bonds. The number of aromatic nitrogens is 2. The molecule has 0 aliphatic rings. The van der Waals surface area contributed by atoms with Crippen LogP contribution in [-0.4, -0.2) is 27.6 Å². The molecule has 0 bridgehead atoms. The molecule has 0 radical (unpaired) electrons. The summed E-state index contributed by atoms with van der Waals surface area (Å²) in [5.74, 6) is -0.928. The lowest BCUT2D eigenvalue weighted by Gasteiger charge is -2.12. The maximum atomic E-state index is 11.8. The largest absolute Gasteiger partial charge is 0.497 e. The van der Waals surface area contributed by atoms with Gasteiger partial charge in [0.25, 0.3) is 0 Å². The molecule has 1 unspecified atom stereocenters. The summed E-state index contributed by atoms with van der Waals surface area (Å²) in [5, 5.41) is 18.6. The summed E-state index contributed by atoms with van der Waals surface area (Å²) in [6, 6.07) is 12.6. The van der Waals surface area contributed by atoms with Crippen LogP contribution in [0.5, 0.6) is 5.75 Å². The summed E-state index contributed by atoms with van der Waals surface area (Å²) in [4.78, 5) is 16.4. The number of hydrogen-bond acceptors (Lipinski definition) is 4. The predicted octanol–water partition coefficient (Wildman–Crippen LogP) is 3.46. The number of fused-ring (bicyclic) bond motifs is 1. The zero-order valence-corrected chi connectivity index (χ0v) is 13.9. The first-order valence-electron chi connectivity index (χ1n) is 7.88. The SMILES string of the molecule is CCC(C(=O)O)c1c(-c2ccc(C#N)cc2)nc2cc(OC)ccn12. The average Bonchev–Trinajstić information content (AvgIpc) is 3.00. The molecule has 1 N–H and O–H groups in total. The molecule has 0 saturated heterocycles. The number of imidazole rings is 1. The number of nitriles is 1. The number of carbonyl (C=O) groups is 1. The van der Waals surface area contributed by atoms with E-state index < -0.39 is 11.9 Å². The first kappa shape index (κ1) is 16.5. The molecule has 2 aromatic heterocycles. The number of carboxylic acids is 1. The van der Waals surface area contributed by atoms with Crippen molar-refractivity contribution < 1.29 is 14.6 Å². The molecule has 2 heterocycles. The van der Waals surface area contributed by atoms with Crippen molar-refractivity contribution in [3.8, 4) is 23.1 Å². The number of rotatable bonds is 5. The van der Waals surface area contributed by atoms with E-state index in [-0.39, 0.29) is 0 Å². The van der Waals surface area contributed by atoms with E-state index in [4.69, 9.17) is 10.00 Å². The molecule has 3 rings (SSSR count). The molecular formula is C19H17N3O3. The molecule has 25 heavy (non-hydrogen) atoms. The number of nitrogens with zero attached hydrogens (tertiary/aromatic N) is 3. The Kier molecular flexibility index (Phi) is 4.40. The number of methoxy groups -OCH3 is 1. The standard InChI is InChI=1S/C19H17N3O3/c1-3-15(19(23)24)18-17(13-6-4-12(11-20)5-7-13)21-16-10-14(25-2)8-9-22(16)18/h4-10,15H,3H2,1-2H3,(H,23,24). The van der Waals surface area contributed by atoms with Crippen LogP contribution >= 0.6 is 0 Å². The Morgan fingerprint density at radius 1 is 1.36 bits per heavy atom. The Labute approximate surface area is 144 Å². The van der Waals surface area contributed by atoms with E-state index in [1.807, 2.05) is 6.92 Å². The van der Waals surface area contributed by atoms with Crippen molar-refractivity contribution in [2.24, 2.45) is 0 Å². The highest BCUT2D eigenvalue weighted by atomic mass is 16.5. The van der Waals surface area contributed by atoms with E-state index in [2.05, 4.69) is 11.1 Å². The monoisotopic (exact) mass is 335 g/mol. The summed E-state index contributed by atoms with van der Waals surface area (Å²) in [7, 11) is 1.57. The number of pyridine rings is 1. The lowest BCUT2D eigenvalue weighted by Crippen LogP contribution is -2.13. The molecular weight excluding hydrogens is 318 g/mol. The van der Waals surface area contributed by atoms with Crippen LogP contribution in [0, 0.1) is 11.3 Å². The summed E-state index contributed by atoms with van der Waals surface area (Å²) in [5.41, 5.74) is 3.16. The maximum Gasteiger partial charge on any atom is 0.312 e. The lowest BCUT2D eigenvalue weighted by atomic mass is 9.97. The maximum absolute atomic E-state index is 11.8. The quantitative estimate of drug-likeness (QED) is 0.771. The Bertz CT molecular complexity index is 968. The molecule has 0 spiro atoms. The number of carboxylic acid groups (broad SMARTS) is 1. The average molecular weight is 335 g/mol. The van der Waals surface area contributed by atoms with Gasteiger partial charge in [-0.25, -0.2) is 4.98 Å². The van der Waals surface area contributed by atoms with E-state index in [0.29, 0.717) is 34.8 Å². The highest BCUT2D eigenvalue weighted by Gasteiger charge is 2.27. The van der Waals surface area contributed by atoms with E-state index >= 15 is 0 Å². The van der Waals surface area contributed by atoms with Crippen molar-refractivity contribution in [1.29, 1.82) is 5.26 Å². The second-order valence-corrected chi connectivity index (χ2v) is 5.63. The Balaban J connectivity index is 2.27. The van der Waals surface area contributed by atoms with Gasteiger partial charge in [0.05, 0.1) is 36.0 Å². The summed E-state index contributed by atoms with van der Waals surface area (Å²) >= 11 is 0. The summed E-state index contributed by atoms with van der Waals surface area (Å²) in [6.07, 6.45) is 2.22. The van der Waals surface area contributed by atoms with Crippen LogP contribution in [0.15, 0.2) is 42.6 Å². The normalized spacial score (nSPS) is 11.9. The first-order valence-corrected chi connectivity index (χ1v) is 7.88. The van der Waals surface area contributed by atoms with E-state index in [0.717, 1.165) is 5.56 Å². The molecule has 0 aliphatic carbocycles. The van der Waals surface area contributed by atoms with Crippen LogP contribution in [0.1, 0.15) is 30.5 Å². The highest BCUT2D eigenvalue weighted by Crippen LogP contribution is 2.33. The fourth-order valence-corrected chi connectivity index (χ4v) is 2.90. The molecule has 1 aromatic carbocycles. The molecule has 0 aliphatic heterocycles. The Morgan fingerprint density at radius 2 is 2.08 bits per heavy atom. The third-order valence-corrected chi connectivity index (χ3v) is 4.19. The van der Waals surface area contributed by atoms with Crippen molar-refractivity contribution in [2.45, 2.75) is 19.3 Å². The number of benzene rings is 1. The van der Waals surface area contributed by atoms with Gasteiger partial charge in [-0.2, -0.15) is 5.26 Å². The van der Waals surface area contributed by atoms with Crippen molar-refractivity contribution in [2.75, 3.05) is 7.11 Å². The molecule has 0 saturated carbocycles. The van der Waals surface area contributed by atoms with Crippen LogP contribution in [0.2, 0.25) is 0 Å². The van der Waals surface area contributed by atoms with Crippen molar-refractivity contribution >= 4 is 11.6 Å². The van der Waals surface area contributed by atoms with Crippen LogP contribution < -0.4 is 4.74 Å². The van der Waals surface area contributed by atoms with Gasteiger partial charge >= 0.3 is 5.97 Å². The fraction of sp³-hybridized carbons (Fsp3) is 0.211. The van der Waals surface area contributed by atoms with E-state index in [1.165, 1.54) is 0 Å². The van der Waals surface area contributed by atoms with Crippen molar-refractivity contribution in [3.63, 3.8) is 0 Å². The van der Waals surface area contributed by atoms with Crippen LogP contribution in [-0.2, 0) is 4.79 Å². The summed E-state index contributed by atoms with van der Waals surface area (Å²) in [6.45, 7) is 1.84. The number of hydrogen-bond donors (Lipinski definition) is 1. The smallest absolute Gasteiger partial charge is 0.312 e. The molecule has 126 valence electrons. The van der Waals surface area contributed by atoms with Gasteiger partial charge < -0.3 is 14.2 Å². The second kappa shape index (κ2) is 6.65. The van der Waals surface area contributed by atoms with Crippen LogP contribution in [0.25, 0.3) is 16.9 Å². The van der Waals surface area contributed by atoms with Crippen molar-refractivity contribution in [3.05, 3.63) is 53.9 Å². The zero-order valence-electron chi connectivity index (χ0n) is 13.9. The molecule has 3 aromatic rings. The molecule has 6 heteroatoms. The molecule has 1 atom stereocenters. The second-order valence-electron chi connectivity index (χ2n) is 5.63. The lowest BCUT2D eigenvalue weighted by molar-refractivity contribution is -0.138. The minimum Gasteiger partial charge on any atom is -0.497 e. The van der Waals surface area contributed by atoms with Crippen LogP contribution in [0.4, 0.5) is 0 Å². The number of ether oxygens (including phenoxy) is 1. The molecule has 0 fully saturated rings. The van der Waals surface area contributed by atoms with Gasteiger partial charge in [0.15, 0.2) is 0 Å². The third-order valence-electron chi connectivity index (χ3n) is 4.19. The van der Waals surface area contributed by atoms with Gasteiger partial charge in [0.1, 0.15) is 11.4 Å². The topological polar surface area (TPSA) is 87.6 Å². The van der Waals surface area contributed by atoms with Gasteiger partial charge in [-0.1, -0.05) is 19.1 Å². The minimum absolute atomic E-state index is 0.443. The highest BCUT2D eigenvalue weighted by molar-refractivity contribution is 5.80. The zero-order chi connectivity index (χ0) is 18.0. The number of aliphatic carboxylic acids is 1. The van der Waals surface area contributed by atoms with Gasteiger partial charge in [0, 0.05) is 17.8 Å². The Hall–Kier alpha value is -3.33. The minimum atomic E-state index is -0.894. The van der Waals surface area contributed by atoms with Gasteiger partial charge in [-0.05, 0) is 24.6 Å². The van der Waals surface area contributed by atoms with Gasteiger partial charge in [-0.3, -0.25) is 4.79 Å². The van der Waals surface area contributed by atoms with Crippen LogP contribution in [0.3, 0.4) is 0 Å². The predicted molar refractivity (Wildman–Crippen MR) is 92.6 cm³/mol. The van der Waals surface area contributed by atoms with E-state index in [1.54, 1.807) is 54.1 Å². The first-order chi connectivity index (χ1) is 12.1. The fourth-order valence-electron chi connectivity index (χ4n) is 2.90.